The van der Waals surface area contributed by atoms with Crippen molar-refractivity contribution in [2.24, 2.45) is 0 Å². The molecule has 0 bridgehead atoms. The van der Waals surface area contributed by atoms with E-state index in [0.717, 1.165) is 17.5 Å². The van der Waals surface area contributed by atoms with E-state index in [-0.39, 0.29) is 6.61 Å². The van der Waals surface area contributed by atoms with Gasteiger partial charge < -0.3 is 9.47 Å². The molecule has 0 unspecified atom stereocenters. The summed E-state index contributed by atoms with van der Waals surface area (Å²) in [5.74, 6) is 0.443. The molecule has 31 heavy (non-hydrogen) atoms. The number of ether oxygens (including phenoxy) is 2. The van der Waals surface area contributed by atoms with Crippen LogP contribution in [0.4, 0.5) is 0 Å². The summed E-state index contributed by atoms with van der Waals surface area (Å²) in [5.41, 5.74) is 8.42. The molecule has 0 heterocycles. The zero-order valence-electron chi connectivity index (χ0n) is 17.7. The number of hydrazine groups is 1. The average molecular weight is 418 g/mol. The Morgan fingerprint density at radius 2 is 1.58 bits per heavy atom. The van der Waals surface area contributed by atoms with E-state index in [4.69, 9.17) is 9.47 Å². The Balaban J connectivity index is 1.40. The summed E-state index contributed by atoms with van der Waals surface area (Å²) in [6, 6.07) is 22.5. The maximum absolute atomic E-state index is 12.2. The second-order valence-electron chi connectivity index (χ2n) is 7.17. The SMILES string of the molecule is Cc1ccc(OCC(=O)NNC(=O)c2ccc(OCCc3ccccc3)cc2)c(C)c1. The van der Waals surface area contributed by atoms with Crippen LogP contribution in [0, 0.1) is 13.8 Å². The molecule has 0 saturated heterocycles. The minimum atomic E-state index is -0.450. The predicted molar refractivity (Wildman–Crippen MR) is 119 cm³/mol. The van der Waals surface area contributed by atoms with Crippen LogP contribution in [-0.4, -0.2) is 25.0 Å². The van der Waals surface area contributed by atoms with Gasteiger partial charge in [-0.3, -0.25) is 20.4 Å². The molecule has 160 valence electrons. The highest BCUT2D eigenvalue weighted by Crippen LogP contribution is 2.18. The van der Waals surface area contributed by atoms with Crippen LogP contribution in [0.15, 0.2) is 72.8 Å². The lowest BCUT2D eigenvalue weighted by molar-refractivity contribution is -0.123. The molecule has 0 aliphatic heterocycles. The van der Waals surface area contributed by atoms with Crippen LogP contribution >= 0.6 is 0 Å². The third-order valence-electron chi connectivity index (χ3n) is 4.62. The smallest absolute Gasteiger partial charge is 0.276 e. The number of amides is 2. The number of nitrogens with one attached hydrogen (secondary N) is 2. The molecule has 0 aromatic heterocycles. The first-order chi connectivity index (χ1) is 15.0. The zero-order chi connectivity index (χ0) is 22.1. The first-order valence-electron chi connectivity index (χ1n) is 10.1. The van der Waals surface area contributed by atoms with Gasteiger partial charge in [0.1, 0.15) is 11.5 Å². The van der Waals surface area contributed by atoms with Crippen molar-refractivity contribution in [1.82, 2.24) is 10.9 Å². The standard InChI is InChI=1S/C25H26N2O4/c1-18-8-13-23(19(2)16-18)31-17-24(28)26-27-25(29)21-9-11-22(12-10-21)30-15-14-20-6-4-3-5-7-20/h3-13,16H,14-15,17H2,1-2H3,(H,26,28)(H,27,29). The predicted octanol–water partition coefficient (Wildman–Crippen LogP) is 3.76. The molecule has 2 N–H and O–H groups in total. The van der Waals surface area contributed by atoms with Crippen LogP contribution in [-0.2, 0) is 11.2 Å². The van der Waals surface area contributed by atoms with Gasteiger partial charge in [0.25, 0.3) is 11.8 Å². The van der Waals surface area contributed by atoms with Gasteiger partial charge in [0, 0.05) is 12.0 Å². The second kappa shape index (κ2) is 10.8. The Kier molecular flexibility index (Phi) is 7.65. The van der Waals surface area contributed by atoms with Crippen molar-refractivity contribution in [3.05, 3.63) is 95.1 Å². The van der Waals surface area contributed by atoms with Gasteiger partial charge in [0.15, 0.2) is 6.61 Å². The van der Waals surface area contributed by atoms with Crippen molar-refractivity contribution in [2.45, 2.75) is 20.3 Å². The highest BCUT2D eigenvalue weighted by atomic mass is 16.5. The Hall–Kier alpha value is -3.80. The van der Waals surface area contributed by atoms with Crippen LogP contribution in [0.2, 0.25) is 0 Å². The third-order valence-corrected chi connectivity index (χ3v) is 4.62. The minimum Gasteiger partial charge on any atom is -0.493 e. The van der Waals surface area contributed by atoms with Crippen LogP contribution < -0.4 is 20.3 Å². The fourth-order valence-electron chi connectivity index (χ4n) is 2.97. The first-order valence-corrected chi connectivity index (χ1v) is 10.1. The van der Waals surface area contributed by atoms with Crippen molar-refractivity contribution in [1.29, 1.82) is 0 Å². The van der Waals surface area contributed by atoms with Crippen molar-refractivity contribution in [3.8, 4) is 11.5 Å². The molecule has 0 aliphatic carbocycles. The minimum absolute atomic E-state index is 0.196. The van der Waals surface area contributed by atoms with Gasteiger partial charge in [0.2, 0.25) is 0 Å². The summed E-state index contributed by atoms with van der Waals surface area (Å²) < 4.78 is 11.2. The van der Waals surface area contributed by atoms with E-state index in [1.807, 2.05) is 50.2 Å². The summed E-state index contributed by atoms with van der Waals surface area (Å²) in [7, 11) is 0. The molecule has 3 aromatic rings. The topological polar surface area (TPSA) is 76.7 Å². The van der Waals surface area contributed by atoms with E-state index >= 15 is 0 Å². The molecule has 6 nitrogen and oxygen atoms in total. The van der Waals surface area contributed by atoms with Crippen LogP contribution in [0.25, 0.3) is 0 Å². The van der Waals surface area contributed by atoms with E-state index in [9.17, 15) is 9.59 Å². The van der Waals surface area contributed by atoms with Crippen LogP contribution in [0.5, 0.6) is 11.5 Å². The second-order valence-corrected chi connectivity index (χ2v) is 7.17. The molecule has 3 rings (SSSR count). The monoisotopic (exact) mass is 418 g/mol. The number of hydrogen-bond donors (Lipinski definition) is 2. The van der Waals surface area contributed by atoms with Crippen LogP contribution in [0.3, 0.4) is 0 Å². The van der Waals surface area contributed by atoms with Gasteiger partial charge in [0.05, 0.1) is 6.61 Å². The number of hydrogen-bond acceptors (Lipinski definition) is 4. The Morgan fingerprint density at radius 3 is 2.29 bits per heavy atom. The van der Waals surface area contributed by atoms with Gasteiger partial charge in [-0.05, 0) is 55.3 Å². The largest absolute Gasteiger partial charge is 0.493 e. The van der Waals surface area contributed by atoms with Crippen molar-refractivity contribution in [3.63, 3.8) is 0 Å². The maximum Gasteiger partial charge on any atom is 0.276 e. The van der Waals surface area contributed by atoms with Crippen molar-refractivity contribution in [2.75, 3.05) is 13.2 Å². The molecule has 0 atom stereocenters. The lowest BCUT2D eigenvalue weighted by Gasteiger charge is -2.11. The van der Waals surface area contributed by atoms with Gasteiger partial charge in [-0.25, -0.2) is 0 Å². The molecule has 2 amide bonds. The Labute approximate surface area is 182 Å². The molecule has 0 radical (unpaired) electrons. The molecule has 0 saturated carbocycles. The van der Waals surface area contributed by atoms with Crippen LogP contribution in [0.1, 0.15) is 27.0 Å². The molecular formula is C25H26N2O4. The molecule has 0 spiro atoms. The number of carbonyl (C=O) groups is 2. The fraction of sp³-hybridized carbons (Fsp3) is 0.200. The van der Waals surface area contributed by atoms with Crippen molar-refractivity contribution < 1.29 is 19.1 Å². The summed E-state index contributed by atoms with van der Waals surface area (Å²) in [5, 5.41) is 0. The molecular weight excluding hydrogens is 392 g/mol. The fourth-order valence-corrected chi connectivity index (χ4v) is 2.97. The third kappa shape index (κ3) is 6.89. The zero-order valence-corrected chi connectivity index (χ0v) is 17.7. The van der Waals surface area contributed by atoms with E-state index in [1.54, 1.807) is 24.3 Å². The average Bonchev–Trinajstić information content (AvgIpc) is 2.78. The van der Waals surface area contributed by atoms with Gasteiger partial charge >= 0.3 is 0 Å². The van der Waals surface area contributed by atoms with Crippen molar-refractivity contribution >= 4 is 11.8 Å². The van der Waals surface area contributed by atoms with E-state index in [1.165, 1.54) is 5.56 Å². The van der Waals surface area contributed by atoms with E-state index in [0.29, 0.717) is 23.7 Å². The van der Waals surface area contributed by atoms with E-state index < -0.39 is 11.8 Å². The quantitative estimate of drug-likeness (QED) is 0.546. The van der Waals surface area contributed by atoms with Gasteiger partial charge in [-0.2, -0.15) is 0 Å². The molecule has 6 heteroatoms. The summed E-state index contributed by atoms with van der Waals surface area (Å²) >= 11 is 0. The summed E-state index contributed by atoms with van der Waals surface area (Å²) in [6.07, 6.45) is 0.805. The number of carbonyl (C=O) groups excluding carboxylic acids is 2. The molecule has 0 fully saturated rings. The highest BCUT2D eigenvalue weighted by molar-refractivity contribution is 5.95. The molecule has 3 aromatic carbocycles. The lowest BCUT2D eigenvalue weighted by Crippen LogP contribution is -2.43. The normalized spacial score (nSPS) is 10.3. The first kappa shape index (κ1) is 21.9. The Morgan fingerprint density at radius 1 is 0.839 bits per heavy atom. The van der Waals surface area contributed by atoms with Gasteiger partial charge in [-0.15, -0.1) is 0 Å². The number of rotatable bonds is 8. The van der Waals surface area contributed by atoms with E-state index in [2.05, 4.69) is 23.0 Å². The highest BCUT2D eigenvalue weighted by Gasteiger charge is 2.09. The maximum atomic E-state index is 12.2. The summed E-state index contributed by atoms with van der Waals surface area (Å²) in [4.78, 5) is 24.2. The Bertz CT molecular complexity index is 1020. The molecule has 0 aliphatic rings. The number of benzene rings is 3. The lowest BCUT2D eigenvalue weighted by atomic mass is 10.1. The van der Waals surface area contributed by atoms with Gasteiger partial charge in [-0.1, -0.05) is 48.0 Å². The summed E-state index contributed by atoms with van der Waals surface area (Å²) in [6.45, 7) is 4.25. The number of aryl methyl sites for hydroxylation is 2.